The van der Waals surface area contributed by atoms with Crippen molar-refractivity contribution in [1.82, 2.24) is 10.4 Å². The molecule has 106 valence electrons. The fraction of sp³-hybridized carbons (Fsp3) is 0.308. The van der Waals surface area contributed by atoms with Gasteiger partial charge in [0.2, 0.25) is 5.91 Å². The molecule has 0 fully saturated rings. The van der Waals surface area contributed by atoms with Crippen LogP contribution in [0.4, 0.5) is 0 Å². The van der Waals surface area contributed by atoms with Crippen LogP contribution in [0.15, 0.2) is 40.9 Å². The molecular formula is C13H14ClN3O3. The van der Waals surface area contributed by atoms with Crippen LogP contribution in [0.25, 0.3) is 0 Å². The molecule has 20 heavy (non-hydrogen) atoms. The molecule has 6 nitrogen and oxygen atoms in total. The Labute approximate surface area is 121 Å². The van der Waals surface area contributed by atoms with Crippen molar-refractivity contribution in [2.45, 2.75) is 6.04 Å². The Morgan fingerprint density at radius 2 is 2.40 bits per heavy atom. The van der Waals surface area contributed by atoms with E-state index in [1.165, 1.54) is 28.9 Å². The standard InChI is InChI=1S/C13H14ClN3O3/c14-5-6-17-8-15-11-3-1-9(2-4-12(18)16-20)7-10(11)13(17)19/h1-4,7-8,10-11,20H,5-6H2,(H,16,18)/b4-2+. The van der Waals surface area contributed by atoms with E-state index in [1.807, 2.05) is 6.08 Å². The molecule has 0 bridgehead atoms. The van der Waals surface area contributed by atoms with Crippen LogP contribution in [0.2, 0.25) is 0 Å². The molecule has 2 rings (SSSR count). The molecule has 0 aromatic carbocycles. The Balaban J connectivity index is 2.15. The van der Waals surface area contributed by atoms with Gasteiger partial charge in [0.25, 0.3) is 5.91 Å². The van der Waals surface area contributed by atoms with Crippen LogP contribution in [0.3, 0.4) is 0 Å². The van der Waals surface area contributed by atoms with Gasteiger partial charge >= 0.3 is 0 Å². The van der Waals surface area contributed by atoms with Crippen molar-refractivity contribution in [2.75, 3.05) is 12.4 Å². The highest BCUT2D eigenvalue weighted by Gasteiger charge is 2.32. The zero-order chi connectivity index (χ0) is 14.5. The molecule has 0 aromatic heterocycles. The molecule has 2 aliphatic rings. The Morgan fingerprint density at radius 1 is 1.60 bits per heavy atom. The number of hydrogen-bond acceptors (Lipinski definition) is 4. The van der Waals surface area contributed by atoms with Gasteiger partial charge in [0.15, 0.2) is 0 Å². The minimum Gasteiger partial charge on any atom is -0.301 e. The van der Waals surface area contributed by atoms with Gasteiger partial charge in [0.1, 0.15) is 0 Å². The molecular weight excluding hydrogens is 282 g/mol. The topological polar surface area (TPSA) is 82.0 Å². The number of hydroxylamine groups is 1. The number of allylic oxidation sites excluding steroid dienone is 3. The van der Waals surface area contributed by atoms with Gasteiger partial charge in [0, 0.05) is 18.5 Å². The summed E-state index contributed by atoms with van der Waals surface area (Å²) in [5, 5.41) is 8.41. The second-order valence-corrected chi connectivity index (χ2v) is 4.71. The second-order valence-electron chi connectivity index (χ2n) is 4.34. The number of aliphatic imine (C=N–C) groups is 1. The third kappa shape index (κ3) is 3.15. The average molecular weight is 296 g/mol. The maximum Gasteiger partial charge on any atom is 0.267 e. The van der Waals surface area contributed by atoms with Crippen molar-refractivity contribution in [3.8, 4) is 0 Å². The van der Waals surface area contributed by atoms with E-state index >= 15 is 0 Å². The first-order valence-corrected chi connectivity index (χ1v) is 6.61. The number of alkyl halides is 1. The highest BCUT2D eigenvalue weighted by atomic mass is 35.5. The van der Waals surface area contributed by atoms with Crippen molar-refractivity contribution in [2.24, 2.45) is 10.9 Å². The molecule has 0 saturated heterocycles. The van der Waals surface area contributed by atoms with E-state index in [4.69, 9.17) is 16.8 Å². The minimum absolute atomic E-state index is 0.0625. The first-order valence-electron chi connectivity index (χ1n) is 6.07. The van der Waals surface area contributed by atoms with Gasteiger partial charge in [-0.1, -0.05) is 18.2 Å². The SMILES string of the molecule is O=C(/C=C/C1=CC2C(=O)N(CCCl)C=NC2C=C1)NO. The van der Waals surface area contributed by atoms with Gasteiger partial charge in [-0.15, -0.1) is 11.6 Å². The first kappa shape index (κ1) is 14.5. The summed E-state index contributed by atoms with van der Waals surface area (Å²) < 4.78 is 0. The maximum absolute atomic E-state index is 12.2. The third-order valence-corrected chi connectivity index (χ3v) is 3.20. The van der Waals surface area contributed by atoms with Gasteiger partial charge in [-0.05, 0) is 11.6 Å². The molecule has 2 atom stereocenters. The Bertz CT molecular complexity index is 525. The first-order chi connectivity index (χ1) is 9.65. The van der Waals surface area contributed by atoms with Crippen molar-refractivity contribution < 1.29 is 14.8 Å². The van der Waals surface area contributed by atoms with E-state index in [0.717, 1.165) is 0 Å². The van der Waals surface area contributed by atoms with Crippen LogP contribution >= 0.6 is 11.6 Å². The maximum atomic E-state index is 12.2. The van der Waals surface area contributed by atoms with E-state index in [1.54, 1.807) is 12.2 Å². The largest absolute Gasteiger partial charge is 0.301 e. The van der Waals surface area contributed by atoms with E-state index < -0.39 is 5.91 Å². The summed E-state index contributed by atoms with van der Waals surface area (Å²) in [5.41, 5.74) is 2.22. The number of nitrogens with one attached hydrogen (secondary N) is 1. The zero-order valence-corrected chi connectivity index (χ0v) is 11.3. The smallest absolute Gasteiger partial charge is 0.267 e. The molecule has 0 spiro atoms. The molecule has 0 saturated carbocycles. The number of fused-ring (bicyclic) bond motifs is 1. The molecule has 1 aliphatic carbocycles. The number of carbonyl (C=O) groups is 2. The summed E-state index contributed by atoms with van der Waals surface area (Å²) in [6.45, 7) is 0.419. The zero-order valence-electron chi connectivity index (χ0n) is 10.6. The summed E-state index contributed by atoms with van der Waals surface area (Å²) in [6, 6.07) is -0.210. The molecule has 2 unspecified atom stereocenters. The summed E-state index contributed by atoms with van der Waals surface area (Å²) >= 11 is 5.64. The molecule has 0 radical (unpaired) electrons. The molecule has 2 amide bonds. The normalized spacial score (nSPS) is 24.8. The van der Waals surface area contributed by atoms with Crippen LogP contribution in [-0.4, -0.2) is 46.7 Å². The Morgan fingerprint density at radius 3 is 3.10 bits per heavy atom. The average Bonchev–Trinajstić information content (AvgIpc) is 2.48. The lowest BCUT2D eigenvalue weighted by Gasteiger charge is -2.30. The van der Waals surface area contributed by atoms with E-state index in [2.05, 4.69) is 4.99 Å². The molecule has 1 heterocycles. The second kappa shape index (κ2) is 6.49. The highest BCUT2D eigenvalue weighted by molar-refractivity contribution is 6.18. The number of nitrogens with zero attached hydrogens (tertiary/aromatic N) is 2. The van der Waals surface area contributed by atoms with Crippen LogP contribution in [-0.2, 0) is 9.59 Å². The Kier molecular flexibility index (Phi) is 4.70. The Hall–Kier alpha value is -1.92. The van der Waals surface area contributed by atoms with Crippen molar-refractivity contribution in [3.63, 3.8) is 0 Å². The van der Waals surface area contributed by atoms with Gasteiger partial charge in [-0.2, -0.15) is 0 Å². The summed E-state index contributed by atoms with van der Waals surface area (Å²) in [6.07, 6.45) is 9.58. The number of amides is 2. The van der Waals surface area contributed by atoms with Crippen LogP contribution < -0.4 is 5.48 Å². The molecule has 0 aromatic rings. The number of halogens is 1. The van der Waals surface area contributed by atoms with E-state index in [0.29, 0.717) is 18.0 Å². The van der Waals surface area contributed by atoms with Crippen LogP contribution in [0.5, 0.6) is 0 Å². The number of hydrogen-bond donors (Lipinski definition) is 2. The summed E-state index contributed by atoms with van der Waals surface area (Å²) in [7, 11) is 0. The van der Waals surface area contributed by atoms with E-state index in [-0.39, 0.29) is 17.9 Å². The molecule has 7 heteroatoms. The highest BCUT2D eigenvalue weighted by Crippen LogP contribution is 2.25. The van der Waals surface area contributed by atoms with Crippen LogP contribution in [0, 0.1) is 5.92 Å². The molecule has 1 aliphatic heterocycles. The van der Waals surface area contributed by atoms with E-state index in [9.17, 15) is 9.59 Å². The summed E-state index contributed by atoms with van der Waals surface area (Å²) in [4.78, 5) is 29.0. The fourth-order valence-electron chi connectivity index (χ4n) is 2.04. The lowest BCUT2D eigenvalue weighted by atomic mass is 9.89. The predicted molar refractivity (Wildman–Crippen MR) is 74.5 cm³/mol. The number of rotatable bonds is 4. The lowest BCUT2D eigenvalue weighted by molar-refractivity contribution is -0.130. The predicted octanol–water partition coefficient (Wildman–Crippen LogP) is 0.638. The quantitative estimate of drug-likeness (QED) is 0.345. The fourth-order valence-corrected chi connectivity index (χ4v) is 2.22. The van der Waals surface area contributed by atoms with Crippen molar-refractivity contribution in [1.29, 1.82) is 0 Å². The van der Waals surface area contributed by atoms with Gasteiger partial charge in [-0.25, -0.2) is 5.48 Å². The van der Waals surface area contributed by atoms with Crippen molar-refractivity contribution >= 4 is 29.8 Å². The number of carbonyl (C=O) groups excluding carboxylic acids is 2. The van der Waals surface area contributed by atoms with Gasteiger partial charge in [0.05, 0.1) is 18.3 Å². The summed E-state index contributed by atoms with van der Waals surface area (Å²) in [5.74, 6) is -0.728. The monoisotopic (exact) mass is 295 g/mol. The lowest BCUT2D eigenvalue weighted by Crippen LogP contribution is -2.44. The van der Waals surface area contributed by atoms with Crippen molar-refractivity contribution in [3.05, 3.63) is 36.0 Å². The third-order valence-electron chi connectivity index (χ3n) is 3.03. The van der Waals surface area contributed by atoms with Gasteiger partial charge in [-0.3, -0.25) is 19.8 Å². The minimum atomic E-state index is -0.627. The van der Waals surface area contributed by atoms with Gasteiger partial charge < -0.3 is 4.90 Å². The van der Waals surface area contributed by atoms with Crippen LogP contribution in [0.1, 0.15) is 0 Å². The molecule has 2 N–H and O–H groups in total.